The number of nitrogens with one attached hydrogen (secondary N) is 10. The van der Waals surface area contributed by atoms with Gasteiger partial charge in [0, 0.05) is 25.6 Å². The maximum atomic E-state index is 14.4. The molecule has 77 heavy (non-hydrogen) atoms. The summed E-state index contributed by atoms with van der Waals surface area (Å²) >= 11 is 0. The summed E-state index contributed by atoms with van der Waals surface area (Å²) in [5, 5.41) is 31.8. The second-order valence-corrected chi connectivity index (χ2v) is 21.5. The standard InChI is InChI=1S/C53H101N15O9/c1-9-10-11-12-13-14-15-16-17-18-19-20-21-28-42(70)66-43(33(2)3)50(76)64-38(26-23-30-60-53(57)58)51(77)68-31-24-27-40(68)48(74)67-44(34(4)5)49(75)63-37(8)46(72)65-39(32-41(54)69)47(73)62-36(7)45(71)61-35(6)25-22-29-59-52(55)56/h33-40,43-44,52,59H,9-32,55-56H2,1-8H3,(H2,54,69)(H,61,71)(H,62,73)(H,63,75)(H,64,76)(H,65,72)(H,66,70)(H,67,74)(H4,57,58,60)/t35-,36+,37+,38+,39+,40+,43+,44+/m1/s1. The first-order chi connectivity index (χ1) is 36.4. The first-order valence-corrected chi connectivity index (χ1v) is 28.4. The lowest BCUT2D eigenvalue weighted by atomic mass is 10.0. The maximum Gasteiger partial charge on any atom is 0.245 e. The van der Waals surface area contributed by atoms with Gasteiger partial charge in [0.05, 0.1) is 6.42 Å². The fourth-order valence-electron chi connectivity index (χ4n) is 8.99. The summed E-state index contributed by atoms with van der Waals surface area (Å²) in [4.78, 5) is 122. The summed E-state index contributed by atoms with van der Waals surface area (Å²) in [6.45, 7) is 14.7. The molecule has 0 aromatic carbocycles. The van der Waals surface area contributed by atoms with E-state index < -0.39 is 108 Å². The molecule has 0 saturated carbocycles. The summed E-state index contributed by atoms with van der Waals surface area (Å²) in [5.41, 5.74) is 21.9. The number of carbonyl (C=O) groups is 9. The zero-order valence-corrected chi connectivity index (χ0v) is 47.8. The molecule has 0 aromatic heterocycles. The summed E-state index contributed by atoms with van der Waals surface area (Å²) in [7, 11) is 0. The van der Waals surface area contributed by atoms with Crippen LogP contribution in [0.25, 0.3) is 0 Å². The van der Waals surface area contributed by atoms with Crippen LogP contribution in [0.3, 0.4) is 0 Å². The lowest BCUT2D eigenvalue weighted by Gasteiger charge is -2.32. The average molecular weight is 1090 g/mol. The summed E-state index contributed by atoms with van der Waals surface area (Å²) < 4.78 is 0. The van der Waals surface area contributed by atoms with E-state index in [2.05, 4.69) is 54.8 Å². The van der Waals surface area contributed by atoms with Gasteiger partial charge in [-0.1, -0.05) is 112 Å². The average Bonchev–Trinajstić information content (AvgIpc) is 3.85. The van der Waals surface area contributed by atoms with Gasteiger partial charge in [-0.15, -0.1) is 0 Å². The number of amides is 9. The van der Waals surface area contributed by atoms with Crippen LogP contribution in [0.2, 0.25) is 0 Å². The molecule has 9 amide bonds. The quantitative estimate of drug-likeness (QED) is 0.0175. The number of rotatable bonds is 41. The highest BCUT2D eigenvalue weighted by Gasteiger charge is 2.40. The molecule has 1 saturated heterocycles. The molecule has 1 fully saturated rings. The van der Waals surface area contributed by atoms with Crippen molar-refractivity contribution in [1.29, 1.82) is 5.41 Å². The Bertz CT molecular complexity index is 1850. The lowest BCUT2D eigenvalue weighted by Crippen LogP contribution is -2.60. The highest BCUT2D eigenvalue weighted by Crippen LogP contribution is 2.21. The predicted molar refractivity (Wildman–Crippen MR) is 298 cm³/mol. The van der Waals surface area contributed by atoms with Crippen molar-refractivity contribution < 1.29 is 43.2 Å². The van der Waals surface area contributed by atoms with E-state index >= 15 is 0 Å². The molecule has 24 nitrogen and oxygen atoms in total. The third-order valence-electron chi connectivity index (χ3n) is 13.6. The Labute approximate surface area is 458 Å². The van der Waals surface area contributed by atoms with Crippen molar-refractivity contribution in [3.8, 4) is 0 Å². The number of hydrogen-bond donors (Lipinski definition) is 14. The molecular formula is C53H101N15O9. The number of nitrogens with zero attached hydrogens (tertiary/aromatic N) is 1. The smallest absolute Gasteiger partial charge is 0.245 e. The Morgan fingerprint density at radius 3 is 1.58 bits per heavy atom. The Morgan fingerprint density at radius 2 is 1.05 bits per heavy atom. The highest BCUT2D eigenvalue weighted by atomic mass is 16.2. The van der Waals surface area contributed by atoms with Crippen molar-refractivity contribution in [2.24, 2.45) is 34.8 Å². The van der Waals surface area contributed by atoms with E-state index in [-0.39, 0.29) is 56.2 Å². The molecule has 0 unspecified atom stereocenters. The Kier molecular flexibility index (Phi) is 35.0. The van der Waals surface area contributed by atoms with Crippen LogP contribution in [0.15, 0.2) is 0 Å². The minimum absolute atomic E-state index is 0.116. The number of likely N-dealkylation sites (tertiary alicyclic amines) is 1. The van der Waals surface area contributed by atoms with Crippen LogP contribution in [0, 0.1) is 17.2 Å². The van der Waals surface area contributed by atoms with Gasteiger partial charge in [-0.25, -0.2) is 0 Å². The molecule has 1 aliphatic rings. The summed E-state index contributed by atoms with van der Waals surface area (Å²) in [6.07, 6.45) is 16.7. The zero-order chi connectivity index (χ0) is 58.0. The van der Waals surface area contributed by atoms with E-state index in [0.717, 1.165) is 19.3 Å². The highest BCUT2D eigenvalue weighted by molar-refractivity contribution is 5.98. The molecule has 442 valence electrons. The van der Waals surface area contributed by atoms with Gasteiger partial charge in [-0.2, -0.15) is 0 Å². The SMILES string of the molecule is CCCCCCCCCCCCCCCC(=O)N[C@H](C(=O)N[C@@H](CCCNC(=N)N)C(=O)N1CCC[C@H]1C(=O)N[C@H](C(=O)N[C@@H](C)C(=O)N[C@@H](CC(N)=O)C(=O)N[C@@H](C)C(=O)N[C@H](C)CCCNC(N)N)C(C)C)C(C)C. The zero-order valence-electron chi connectivity index (χ0n) is 47.8. The number of guanidine groups is 1. The minimum Gasteiger partial charge on any atom is -0.370 e. The van der Waals surface area contributed by atoms with E-state index in [1.54, 1.807) is 34.6 Å². The van der Waals surface area contributed by atoms with Crippen molar-refractivity contribution in [3.63, 3.8) is 0 Å². The molecule has 1 rings (SSSR count). The molecule has 1 aliphatic heterocycles. The van der Waals surface area contributed by atoms with Crippen LogP contribution >= 0.6 is 0 Å². The molecule has 0 radical (unpaired) electrons. The normalized spacial score (nSPS) is 16.1. The van der Waals surface area contributed by atoms with Gasteiger partial charge in [0.25, 0.3) is 0 Å². The topological polar surface area (TPSA) is 393 Å². The lowest BCUT2D eigenvalue weighted by molar-refractivity contribution is -0.143. The molecular weight excluding hydrogens is 991 g/mol. The number of hydrogen-bond acceptors (Lipinski definition) is 13. The van der Waals surface area contributed by atoms with Gasteiger partial charge in [-0.3, -0.25) is 53.9 Å². The maximum absolute atomic E-state index is 14.4. The predicted octanol–water partition coefficient (Wildman–Crippen LogP) is 0.933. The van der Waals surface area contributed by atoms with Crippen LogP contribution in [-0.4, -0.2) is 138 Å². The van der Waals surface area contributed by atoms with Crippen LogP contribution in [0.4, 0.5) is 0 Å². The van der Waals surface area contributed by atoms with Crippen LogP contribution in [0.1, 0.15) is 190 Å². The van der Waals surface area contributed by atoms with Gasteiger partial charge < -0.3 is 70.4 Å². The van der Waals surface area contributed by atoms with Crippen molar-refractivity contribution >= 4 is 59.1 Å². The van der Waals surface area contributed by atoms with Crippen LogP contribution in [0.5, 0.6) is 0 Å². The van der Waals surface area contributed by atoms with Gasteiger partial charge in [-0.05, 0) is 84.1 Å². The minimum atomic E-state index is -1.50. The van der Waals surface area contributed by atoms with Gasteiger partial charge in [0.2, 0.25) is 53.2 Å². The van der Waals surface area contributed by atoms with Crippen molar-refractivity contribution in [2.75, 3.05) is 19.6 Å². The van der Waals surface area contributed by atoms with Crippen LogP contribution in [-0.2, 0) is 43.2 Å². The third kappa shape index (κ3) is 29.6. The van der Waals surface area contributed by atoms with Gasteiger partial charge >= 0.3 is 0 Å². The van der Waals surface area contributed by atoms with Crippen molar-refractivity contribution in [3.05, 3.63) is 0 Å². The first-order valence-electron chi connectivity index (χ1n) is 28.4. The molecule has 0 aliphatic carbocycles. The first kappa shape index (κ1) is 69.4. The van der Waals surface area contributed by atoms with E-state index in [4.69, 9.17) is 28.3 Å². The summed E-state index contributed by atoms with van der Waals surface area (Å²) in [5.74, 6) is -6.98. The van der Waals surface area contributed by atoms with Gasteiger partial charge in [0.15, 0.2) is 5.96 Å². The molecule has 0 bridgehead atoms. The monoisotopic (exact) mass is 1090 g/mol. The fraction of sp³-hybridized carbons (Fsp3) is 0.811. The fourth-order valence-corrected chi connectivity index (χ4v) is 8.99. The summed E-state index contributed by atoms with van der Waals surface area (Å²) in [6, 6.07) is -8.39. The second-order valence-electron chi connectivity index (χ2n) is 21.5. The van der Waals surface area contributed by atoms with E-state index in [9.17, 15) is 43.2 Å². The molecule has 8 atom stereocenters. The number of carbonyl (C=O) groups excluding carboxylic acids is 9. The molecule has 1 heterocycles. The largest absolute Gasteiger partial charge is 0.370 e. The van der Waals surface area contributed by atoms with Crippen LogP contribution < -0.4 is 70.8 Å². The molecule has 18 N–H and O–H groups in total. The van der Waals surface area contributed by atoms with Crippen molar-refractivity contribution in [1.82, 2.24) is 52.8 Å². The molecule has 0 spiro atoms. The Hall–Kier alpha value is -5.62. The number of unbranched alkanes of at least 4 members (excludes halogenated alkanes) is 12. The Balaban J connectivity index is 2.98. The van der Waals surface area contributed by atoms with Crippen molar-refractivity contribution in [2.45, 2.75) is 245 Å². The molecule has 0 aromatic rings. The number of nitrogens with two attached hydrogens (primary N) is 4. The van der Waals surface area contributed by atoms with E-state index in [0.29, 0.717) is 38.6 Å². The van der Waals surface area contributed by atoms with Gasteiger partial charge in [0.1, 0.15) is 48.6 Å². The third-order valence-corrected chi connectivity index (χ3v) is 13.6. The number of primary amides is 1. The van der Waals surface area contributed by atoms with E-state index in [1.807, 2.05) is 0 Å². The Morgan fingerprint density at radius 1 is 0.558 bits per heavy atom. The second kappa shape index (κ2) is 38.9. The molecule has 24 heteroatoms. The van der Waals surface area contributed by atoms with E-state index in [1.165, 1.54) is 76.5 Å².